The first-order chi connectivity index (χ1) is 7.15. The third kappa shape index (κ3) is 3.19. The molecule has 2 nitrogen and oxygen atoms in total. The molecule has 0 aromatic carbocycles. The molecule has 0 saturated heterocycles. The van der Waals surface area contributed by atoms with E-state index in [9.17, 15) is 0 Å². The Morgan fingerprint density at radius 2 is 2.40 bits per heavy atom. The van der Waals surface area contributed by atoms with Crippen LogP contribution in [0.25, 0.3) is 0 Å². The van der Waals surface area contributed by atoms with Gasteiger partial charge in [0.1, 0.15) is 3.70 Å². The third-order valence-electron chi connectivity index (χ3n) is 3.17. The van der Waals surface area contributed by atoms with Crippen molar-refractivity contribution < 1.29 is 0 Å². The minimum atomic E-state index is 0.830. The second-order valence-corrected chi connectivity index (χ2v) is 6.50. The summed E-state index contributed by atoms with van der Waals surface area (Å²) in [6.45, 7) is 3.46. The highest BCUT2D eigenvalue weighted by Crippen LogP contribution is 2.30. The second-order valence-electron chi connectivity index (χ2n) is 4.63. The van der Waals surface area contributed by atoms with E-state index in [0.29, 0.717) is 0 Å². The molecule has 0 amide bonds. The quantitative estimate of drug-likeness (QED) is 0.704. The molecule has 1 aromatic heterocycles. The van der Waals surface area contributed by atoms with Gasteiger partial charge in [-0.3, -0.25) is 4.68 Å². The summed E-state index contributed by atoms with van der Waals surface area (Å²) in [5.74, 6) is 1.73. The maximum absolute atomic E-state index is 4.49. The largest absolute Gasteiger partial charge is 0.270 e. The van der Waals surface area contributed by atoms with Crippen LogP contribution >= 0.6 is 38.5 Å². The number of rotatable bonds is 2. The summed E-state index contributed by atoms with van der Waals surface area (Å²) in [7, 11) is 0. The van der Waals surface area contributed by atoms with Crippen LogP contribution in [-0.2, 0) is 6.54 Å². The molecule has 2 atom stereocenters. The Labute approximate surface area is 113 Å². The third-order valence-corrected chi connectivity index (χ3v) is 5.28. The Morgan fingerprint density at radius 1 is 1.60 bits per heavy atom. The lowest BCUT2D eigenvalue weighted by molar-refractivity contribution is 0.250. The van der Waals surface area contributed by atoms with Crippen LogP contribution in [0.2, 0.25) is 0 Å². The van der Waals surface area contributed by atoms with Crippen LogP contribution in [0.1, 0.15) is 32.6 Å². The van der Waals surface area contributed by atoms with Crippen LogP contribution in [-0.4, -0.2) is 9.78 Å². The normalized spacial score (nSPS) is 26.9. The van der Waals surface area contributed by atoms with Gasteiger partial charge in [-0.15, -0.1) is 0 Å². The van der Waals surface area contributed by atoms with Crippen LogP contribution < -0.4 is 0 Å². The molecule has 0 spiro atoms. The smallest absolute Gasteiger partial charge is 0.137 e. The average molecular weight is 383 g/mol. The van der Waals surface area contributed by atoms with E-state index in [-0.39, 0.29) is 0 Å². The summed E-state index contributed by atoms with van der Waals surface area (Å²) in [6, 6.07) is 0. The minimum Gasteiger partial charge on any atom is -0.270 e. The maximum atomic E-state index is 4.49. The molecular formula is C11H16BrIN2. The topological polar surface area (TPSA) is 17.8 Å². The molecule has 15 heavy (non-hydrogen) atoms. The van der Waals surface area contributed by atoms with Crippen LogP contribution in [0.3, 0.4) is 0 Å². The molecule has 1 aromatic rings. The van der Waals surface area contributed by atoms with Gasteiger partial charge in [-0.2, -0.15) is 5.10 Å². The van der Waals surface area contributed by atoms with Crippen LogP contribution in [0.4, 0.5) is 0 Å². The summed E-state index contributed by atoms with van der Waals surface area (Å²) in [6.07, 6.45) is 7.65. The van der Waals surface area contributed by atoms with Gasteiger partial charge in [0, 0.05) is 12.7 Å². The minimum absolute atomic E-state index is 0.830. The molecule has 1 aliphatic carbocycles. The Bertz CT molecular complexity index is 318. The molecule has 0 bridgehead atoms. The lowest BCUT2D eigenvalue weighted by Crippen LogP contribution is -2.18. The van der Waals surface area contributed by atoms with Crippen molar-refractivity contribution in [2.75, 3.05) is 0 Å². The molecule has 4 heteroatoms. The van der Waals surface area contributed by atoms with Gasteiger partial charge in [0.25, 0.3) is 0 Å². The van der Waals surface area contributed by atoms with Gasteiger partial charge in [0.2, 0.25) is 0 Å². The van der Waals surface area contributed by atoms with E-state index < -0.39 is 0 Å². The SMILES string of the molecule is CC1CCCC(Cn2cc(Br)c(I)n2)C1. The van der Waals surface area contributed by atoms with E-state index >= 15 is 0 Å². The molecule has 2 unspecified atom stereocenters. The number of hydrogen-bond acceptors (Lipinski definition) is 1. The van der Waals surface area contributed by atoms with Crippen LogP contribution in [0.15, 0.2) is 10.7 Å². The van der Waals surface area contributed by atoms with E-state index in [1.54, 1.807) is 0 Å². The number of hydrogen-bond donors (Lipinski definition) is 0. The van der Waals surface area contributed by atoms with Crippen LogP contribution in [0.5, 0.6) is 0 Å². The fourth-order valence-electron chi connectivity index (χ4n) is 2.46. The summed E-state index contributed by atoms with van der Waals surface area (Å²) in [4.78, 5) is 0. The van der Waals surface area contributed by atoms with E-state index in [1.165, 1.54) is 25.7 Å². The average Bonchev–Trinajstić information content (AvgIpc) is 2.45. The highest BCUT2D eigenvalue weighted by Gasteiger charge is 2.19. The predicted octanol–water partition coefficient (Wildman–Crippen LogP) is 4.08. The lowest BCUT2D eigenvalue weighted by atomic mass is 9.82. The highest BCUT2D eigenvalue weighted by molar-refractivity contribution is 14.1. The molecule has 1 saturated carbocycles. The Balaban J connectivity index is 1.96. The van der Waals surface area contributed by atoms with Gasteiger partial charge in [-0.05, 0) is 63.2 Å². The zero-order valence-corrected chi connectivity index (χ0v) is 12.7. The molecule has 2 rings (SSSR count). The number of halogens is 2. The molecule has 84 valence electrons. The maximum Gasteiger partial charge on any atom is 0.137 e. The zero-order valence-electron chi connectivity index (χ0n) is 8.92. The number of aromatic nitrogens is 2. The van der Waals surface area contributed by atoms with Crippen molar-refractivity contribution in [1.82, 2.24) is 9.78 Å². The van der Waals surface area contributed by atoms with Gasteiger partial charge in [0.15, 0.2) is 0 Å². The van der Waals surface area contributed by atoms with Gasteiger partial charge < -0.3 is 0 Å². The fraction of sp³-hybridized carbons (Fsp3) is 0.727. The summed E-state index contributed by atoms with van der Waals surface area (Å²) >= 11 is 5.77. The summed E-state index contributed by atoms with van der Waals surface area (Å²) in [5, 5.41) is 4.49. The molecule has 0 radical (unpaired) electrons. The van der Waals surface area contributed by atoms with Crippen LogP contribution in [0, 0.1) is 15.5 Å². The predicted molar refractivity (Wildman–Crippen MR) is 73.8 cm³/mol. The van der Waals surface area contributed by atoms with Crippen molar-refractivity contribution in [2.45, 2.75) is 39.2 Å². The first-order valence-corrected chi connectivity index (χ1v) is 7.41. The monoisotopic (exact) mass is 382 g/mol. The summed E-state index contributed by atoms with van der Waals surface area (Å²) < 4.78 is 4.28. The summed E-state index contributed by atoms with van der Waals surface area (Å²) in [5.41, 5.74) is 0. The molecular weight excluding hydrogens is 367 g/mol. The first kappa shape index (κ1) is 11.9. The fourth-order valence-corrected chi connectivity index (χ4v) is 3.19. The Morgan fingerprint density at radius 3 is 3.00 bits per heavy atom. The second kappa shape index (κ2) is 5.17. The van der Waals surface area contributed by atoms with Crippen molar-refractivity contribution in [1.29, 1.82) is 0 Å². The number of nitrogens with zero attached hydrogens (tertiary/aromatic N) is 2. The van der Waals surface area contributed by atoms with Crippen molar-refractivity contribution in [3.05, 3.63) is 14.4 Å². The highest BCUT2D eigenvalue weighted by atomic mass is 127. The van der Waals surface area contributed by atoms with E-state index in [0.717, 1.165) is 26.6 Å². The van der Waals surface area contributed by atoms with Crippen molar-refractivity contribution in [2.24, 2.45) is 11.8 Å². The van der Waals surface area contributed by atoms with Gasteiger partial charge in [-0.1, -0.05) is 19.8 Å². The van der Waals surface area contributed by atoms with E-state index in [4.69, 9.17) is 0 Å². The zero-order chi connectivity index (χ0) is 10.8. The lowest BCUT2D eigenvalue weighted by Gasteiger charge is -2.26. The van der Waals surface area contributed by atoms with Gasteiger partial charge in [0.05, 0.1) is 4.47 Å². The molecule has 1 aliphatic rings. The first-order valence-electron chi connectivity index (χ1n) is 5.53. The Kier molecular flexibility index (Phi) is 4.10. The van der Waals surface area contributed by atoms with Crippen molar-refractivity contribution in [3.63, 3.8) is 0 Å². The van der Waals surface area contributed by atoms with Crippen molar-refractivity contribution in [3.8, 4) is 0 Å². The van der Waals surface area contributed by atoms with Gasteiger partial charge in [-0.25, -0.2) is 0 Å². The van der Waals surface area contributed by atoms with E-state index in [1.807, 2.05) is 0 Å². The molecule has 1 heterocycles. The van der Waals surface area contributed by atoms with Gasteiger partial charge >= 0.3 is 0 Å². The standard InChI is InChI=1S/C11H16BrIN2/c1-8-3-2-4-9(5-8)6-15-7-10(12)11(13)14-15/h7-9H,2-6H2,1H3. The Hall–Kier alpha value is 0.420. The van der Waals surface area contributed by atoms with Crippen molar-refractivity contribution >= 4 is 38.5 Å². The van der Waals surface area contributed by atoms with E-state index in [2.05, 4.69) is 61.4 Å². The molecule has 0 aliphatic heterocycles. The molecule has 1 fully saturated rings. The molecule has 0 N–H and O–H groups in total.